The quantitative estimate of drug-likeness (QED) is 0.815. The molecular weight excluding hydrogens is 210 g/mol. The van der Waals surface area contributed by atoms with Crippen LogP contribution in [0.5, 0.6) is 0 Å². The largest absolute Gasteiger partial charge is 0.472 e. The van der Waals surface area contributed by atoms with E-state index in [0.29, 0.717) is 0 Å². The van der Waals surface area contributed by atoms with E-state index in [1.807, 2.05) is 6.26 Å². The van der Waals surface area contributed by atoms with Crippen LogP contribution in [0.25, 0.3) is 0 Å². The summed E-state index contributed by atoms with van der Waals surface area (Å²) in [6.45, 7) is 1.21. The SMILES string of the molecule is c1cc(CC(CNC2CC2)C2CCCC2)co1. The first-order valence-electron chi connectivity index (χ1n) is 7.16. The molecule has 1 N–H and O–H groups in total. The first kappa shape index (κ1) is 11.3. The molecule has 0 spiro atoms. The van der Waals surface area contributed by atoms with Crippen LogP contribution in [-0.2, 0) is 6.42 Å². The Balaban J connectivity index is 1.57. The normalized spacial score (nSPS) is 23.1. The molecule has 0 amide bonds. The van der Waals surface area contributed by atoms with Crippen molar-refractivity contribution in [2.24, 2.45) is 11.8 Å². The van der Waals surface area contributed by atoms with Crippen molar-refractivity contribution >= 4 is 0 Å². The van der Waals surface area contributed by atoms with Crippen molar-refractivity contribution in [1.29, 1.82) is 0 Å². The Bertz CT molecular complexity index is 323. The average molecular weight is 233 g/mol. The maximum Gasteiger partial charge on any atom is 0.0934 e. The molecule has 0 radical (unpaired) electrons. The van der Waals surface area contributed by atoms with Gasteiger partial charge in [0.1, 0.15) is 0 Å². The summed E-state index contributed by atoms with van der Waals surface area (Å²) in [7, 11) is 0. The number of hydrogen-bond acceptors (Lipinski definition) is 2. The number of hydrogen-bond donors (Lipinski definition) is 1. The van der Waals surface area contributed by atoms with E-state index in [2.05, 4.69) is 11.4 Å². The van der Waals surface area contributed by atoms with E-state index in [0.717, 1.165) is 17.9 Å². The third-order valence-corrected chi connectivity index (χ3v) is 4.39. The molecule has 2 saturated carbocycles. The summed E-state index contributed by atoms with van der Waals surface area (Å²) in [4.78, 5) is 0. The zero-order valence-electron chi connectivity index (χ0n) is 10.5. The van der Waals surface area contributed by atoms with Gasteiger partial charge in [0, 0.05) is 6.04 Å². The molecule has 0 saturated heterocycles. The van der Waals surface area contributed by atoms with Crippen molar-refractivity contribution in [3.8, 4) is 0 Å². The van der Waals surface area contributed by atoms with Crippen LogP contribution in [0.15, 0.2) is 23.0 Å². The molecule has 2 aliphatic rings. The second-order valence-electron chi connectivity index (χ2n) is 5.82. The molecular formula is C15H23NO. The van der Waals surface area contributed by atoms with Crippen molar-refractivity contribution in [2.45, 2.75) is 51.0 Å². The predicted octanol–water partition coefficient (Wildman–Crippen LogP) is 3.38. The maximum atomic E-state index is 5.20. The van der Waals surface area contributed by atoms with E-state index < -0.39 is 0 Å². The minimum atomic E-state index is 0.815. The molecule has 1 aromatic heterocycles. The van der Waals surface area contributed by atoms with Crippen LogP contribution in [0.2, 0.25) is 0 Å². The number of furan rings is 1. The van der Waals surface area contributed by atoms with Gasteiger partial charge in [0.15, 0.2) is 0 Å². The first-order valence-corrected chi connectivity index (χ1v) is 7.16. The van der Waals surface area contributed by atoms with Crippen molar-refractivity contribution in [2.75, 3.05) is 6.54 Å². The van der Waals surface area contributed by atoms with Gasteiger partial charge in [-0.2, -0.15) is 0 Å². The monoisotopic (exact) mass is 233 g/mol. The maximum absolute atomic E-state index is 5.20. The number of rotatable bonds is 6. The Hall–Kier alpha value is -0.760. The molecule has 3 rings (SSSR count). The highest BCUT2D eigenvalue weighted by Crippen LogP contribution is 2.33. The van der Waals surface area contributed by atoms with Gasteiger partial charge in [-0.3, -0.25) is 0 Å². The summed E-state index contributed by atoms with van der Waals surface area (Å²) in [6, 6.07) is 2.96. The minimum Gasteiger partial charge on any atom is -0.472 e. The molecule has 1 unspecified atom stereocenters. The standard InChI is InChI=1S/C15H23NO/c1-2-4-13(3-1)14(10-16-15-5-6-15)9-12-7-8-17-11-12/h7-8,11,13-16H,1-6,9-10H2. The molecule has 0 bridgehead atoms. The molecule has 2 aliphatic carbocycles. The summed E-state index contributed by atoms with van der Waals surface area (Å²) in [5, 5.41) is 3.72. The van der Waals surface area contributed by atoms with Crippen molar-refractivity contribution in [3.63, 3.8) is 0 Å². The van der Waals surface area contributed by atoms with E-state index in [1.54, 1.807) is 6.26 Å². The molecule has 1 aromatic rings. The lowest BCUT2D eigenvalue weighted by Gasteiger charge is -2.23. The fourth-order valence-electron chi connectivity index (χ4n) is 3.15. The lowest BCUT2D eigenvalue weighted by Crippen LogP contribution is -2.30. The lowest BCUT2D eigenvalue weighted by molar-refractivity contribution is 0.319. The van der Waals surface area contributed by atoms with Gasteiger partial charge in [-0.1, -0.05) is 25.7 Å². The highest BCUT2D eigenvalue weighted by molar-refractivity contribution is 5.07. The van der Waals surface area contributed by atoms with Gasteiger partial charge in [0.25, 0.3) is 0 Å². The zero-order chi connectivity index (χ0) is 11.5. The van der Waals surface area contributed by atoms with Crippen molar-refractivity contribution in [3.05, 3.63) is 24.2 Å². The Morgan fingerprint density at radius 1 is 1.24 bits per heavy atom. The average Bonchev–Trinajstić information content (AvgIpc) is 2.85. The second-order valence-corrected chi connectivity index (χ2v) is 5.82. The van der Waals surface area contributed by atoms with Gasteiger partial charge in [-0.05, 0) is 49.3 Å². The van der Waals surface area contributed by atoms with Crippen LogP contribution in [0.3, 0.4) is 0 Å². The summed E-state index contributed by atoms with van der Waals surface area (Å²) >= 11 is 0. The van der Waals surface area contributed by atoms with E-state index >= 15 is 0 Å². The number of nitrogens with one attached hydrogen (secondary N) is 1. The van der Waals surface area contributed by atoms with Gasteiger partial charge < -0.3 is 9.73 Å². The molecule has 0 aliphatic heterocycles. The summed E-state index contributed by atoms with van der Waals surface area (Å²) in [6.07, 6.45) is 13.5. The Kier molecular flexibility index (Phi) is 3.51. The molecule has 0 aromatic carbocycles. The topological polar surface area (TPSA) is 25.2 Å². The van der Waals surface area contributed by atoms with Gasteiger partial charge in [0.05, 0.1) is 12.5 Å². The fourth-order valence-corrected chi connectivity index (χ4v) is 3.15. The van der Waals surface area contributed by atoms with E-state index in [4.69, 9.17) is 4.42 Å². The Morgan fingerprint density at radius 2 is 2.06 bits per heavy atom. The Labute approximate surface area is 104 Å². The summed E-state index contributed by atoms with van der Waals surface area (Å²) in [5.41, 5.74) is 1.37. The molecule has 17 heavy (non-hydrogen) atoms. The van der Waals surface area contributed by atoms with Gasteiger partial charge in [-0.25, -0.2) is 0 Å². The highest BCUT2D eigenvalue weighted by atomic mass is 16.3. The third-order valence-electron chi connectivity index (χ3n) is 4.39. The van der Waals surface area contributed by atoms with E-state index in [1.165, 1.54) is 57.1 Å². The van der Waals surface area contributed by atoms with Gasteiger partial charge in [-0.15, -0.1) is 0 Å². The summed E-state index contributed by atoms with van der Waals surface area (Å²) in [5.74, 6) is 1.76. The molecule has 2 nitrogen and oxygen atoms in total. The molecule has 94 valence electrons. The van der Waals surface area contributed by atoms with Crippen LogP contribution in [-0.4, -0.2) is 12.6 Å². The highest BCUT2D eigenvalue weighted by Gasteiger charge is 2.28. The van der Waals surface area contributed by atoms with Crippen molar-refractivity contribution in [1.82, 2.24) is 5.32 Å². The minimum absolute atomic E-state index is 0.815. The fraction of sp³-hybridized carbons (Fsp3) is 0.733. The summed E-state index contributed by atoms with van der Waals surface area (Å²) < 4.78 is 5.20. The van der Waals surface area contributed by atoms with Crippen molar-refractivity contribution < 1.29 is 4.42 Å². The van der Waals surface area contributed by atoms with Gasteiger partial charge in [0.2, 0.25) is 0 Å². The Morgan fingerprint density at radius 3 is 2.71 bits per heavy atom. The lowest BCUT2D eigenvalue weighted by atomic mass is 9.86. The second kappa shape index (κ2) is 5.26. The molecule has 1 heterocycles. The van der Waals surface area contributed by atoms with Crippen LogP contribution < -0.4 is 5.32 Å². The van der Waals surface area contributed by atoms with Crippen LogP contribution >= 0.6 is 0 Å². The van der Waals surface area contributed by atoms with Crippen LogP contribution in [0.1, 0.15) is 44.1 Å². The smallest absolute Gasteiger partial charge is 0.0934 e. The van der Waals surface area contributed by atoms with E-state index in [-0.39, 0.29) is 0 Å². The predicted molar refractivity (Wildman–Crippen MR) is 68.9 cm³/mol. The molecule has 2 heteroatoms. The van der Waals surface area contributed by atoms with Crippen LogP contribution in [0, 0.1) is 11.8 Å². The van der Waals surface area contributed by atoms with Crippen LogP contribution in [0.4, 0.5) is 0 Å². The van der Waals surface area contributed by atoms with E-state index in [9.17, 15) is 0 Å². The third kappa shape index (κ3) is 3.12. The molecule has 1 atom stereocenters. The first-order chi connectivity index (χ1) is 8.42. The molecule has 2 fully saturated rings. The van der Waals surface area contributed by atoms with Gasteiger partial charge >= 0.3 is 0 Å². The zero-order valence-corrected chi connectivity index (χ0v) is 10.5.